The number of fused-ring (bicyclic) bond motifs is 1. The van der Waals surface area contributed by atoms with Crippen LogP contribution in [0.3, 0.4) is 0 Å². The molecule has 2 aromatic heterocycles. The highest BCUT2D eigenvalue weighted by Crippen LogP contribution is 2.26. The summed E-state index contributed by atoms with van der Waals surface area (Å²) in [5.74, 6) is -0.379. The van der Waals surface area contributed by atoms with Crippen LogP contribution in [0.5, 0.6) is 0 Å². The van der Waals surface area contributed by atoms with E-state index in [1.54, 1.807) is 33.8 Å². The van der Waals surface area contributed by atoms with Gasteiger partial charge in [-0.05, 0) is 43.2 Å². The maximum Gasteiger partial charge on any atom is 0.264 e. The van der Waals surface area contributed by atoms with Gasteiger partial charge in [0.2, 0.25) is 5.91 Å². The number of amides is 2. The number of nitrogens with one attached hydrogen (secondary N) is 1. The number of para-hydroxylation sites is 1. The number of hydrogen-bond donors (Lipinski definition) is 2. The average molecular weight is 487 g/mol. The van der Waals surface area contributed by atoms with Gasteiger partial charge in [-0.1, -0.05) is 24.3 Å². The van der Waals surface area contributed by atoms with Crippen molar-refractivity contribution in [3.8, 4) is 5.69 Å². The fourth-order valence-electron chi connectivity index (χ4n) is 4.54. The highest BCUT2D eigenvalue weighted by atomic mass is 16.3. The van der Waals surface area contributed by atoms with E-state index in [1.165, 1.54) is 24.0 Å². The fraction of sp³-hybridized carbons (Fsp3) is 0.269. The predicted molar refractivity (Wildman–Crippen MR) is 134 cm³/mol. The molecule has 0 radical (unpaired) electrons. The summed E-state index contributed by atoms with van der Waals surface area (Å²) >= 11 is 0. The number of aromatic nitrogens is 4. The number of rotatable bonds is 5. The van der Waals surface area contributed by atoms with Crippen LogP contribution in [0, 0.1) is 0 Å². The first kappa shape index (κ1) is 23.4. The van der Waals surface area contributed by atoms with E-state index in [9.17, 15) is 19.5 Å². The van der Waals surface area contributed by atoms with Gasteiger partial charge in [-0.3, -0.25) is 19.0 Å². The molecule has 1 aliphatic heterocycles. The third-order valence-corrected chi connectivity index (χ3v) is 6.43. The first-order valence-electron chi connectivity index (χ1n) is 11.7. The van der Waals surface area contributed by atoms with Crippen LogP contribution in [0.2, 0.25) is 0 Å². The summed E-state index contributed by atoms with van der Waals surface area (Å²) in [4.78, 5) is 43.5. The molecule has 10 nitrogen and oxygen atoms in total. The first-order chi connectivity index (χ1) is 17.3. The van der Waals surface area contributed by atoms with Crippen LogP contribution in [0.25, 0.3) is 16.7 Å². The molecule has 2 aromatic carbocycles. The zero-order chi connectivity index (χ0) is 25.3. The van der Waals surface area contributed by atoms with Crippen LogP contribution >= 0.6 is 0 Å². The second-order valence-corrected chi connectivity index (χ2v) is 9.09. The summed E-state index contributed by atoms with van der Waals surface area (Å²) in [6.07, 6.45) is 3.57. The van der Waals surface area contributed by atoms with E-state index in [0.29, 0.717) is 48.2 Å². The maximum absolute atomic E-state index is 13.1. The number of hydrogen-bond acceptors (Lipinski definition) is 6. The van der Waals surface area contributed by atoms with Gasteiger partial charge < -0.3 is 15.3 Å². The number of nitrogens with zero attached hydrogens (tertiary/aromatic N) is 5. The molecule has 1 fully saturated rings. The molecule has 0 atom stereocenters. The van der Waals surface area contributed by atoms with Crippen molar-refractivity contribution in [1.29, 1.82) is 0 Å². The third-order valence-electron chi connectivity index (χ3n) is 6.43. The van der Waals surface area contributed by atoms with Gasteiger partial charge in [-0.25, -0.2) is 9.67 Å². The summed E-state index contributed by atoms with van der Waals surface area (Å²) in [6, 6.07) is 16.2. The Kier molecular flexibility index (Phi) is 6.11. The van der Waals surface area contributed by atoms with Crippen molar-refractivity contribution in [3.05, 3.63) is 83.0 Å². The summed E-state index contributed by atoms with van der Waals surface area (Å²) in [6.45, 7) is 2.17. The number of anilines is 1. The molecule has 184 valence electrons. The molecule has 0 saturated carbocycles. The number of likely N-dealkylation sites (tertiary alicyclic amines) is 1. The number of piperidine rings is 1. The van der Waals surface area contributed by atoms with Crippen LogP contribution in [-0.4, -0.2) is 59.8 Å². The second-order valence-electron chi connectivity index (χ2n) is 9.09. The van der Waals surface area contributed by atoms with Crippen molar-refractivity contribution in [1.82, 2.24) is 24.2 Å². The molecule has 0 spiro atoms. The molecule has 3 heterocycles. The molecule has 0 bridgehead atoms. The minimum absolute atomic E-state index is 0.0747. The van der Waals surface area contributed by atoms with Crippen LogP contribution < -0.4 is 10.9 Å². The summed E-state index contributed by atoms with van der Waals surface area (Å²) in [5, 5.41) is 18.6. The van der Waals surface area contributed by atoms with Crippen molar-refractivity contribution < 1.29 is 14.7 Å². The molecule has 0 aliphatic carbocycles. The Morgan fingerprint density at radius 2 is 1.83 bits per heavy atom. The number of carbonyl (C=O) groups is 2. The van der Waals surface area contributed by atoms with Crippen molar-refractivity contribution >= 4 is 28.5 Å². The van der Waals surface area contributed by atoms with Gasteiger partial charge in [0.15, 0.2) is 5.65 Å². The highest BCUT2D eigenvalue weighted by Gasteiger charge is 2.35. The normalized spacial score (nSPS) is 15.1. The number of benzene rings is 2. The SMILES string of the molecule is CC(=O)Nc1cccc(C(=O)N2CCC(O)(Cn3cnc4c(cnn4-c4ccccc4)c3=O)CC2)c1. The van der Waals surface area contributed by atoms with Crippen LogP contribution in [0.1, 0.15) is 30.1 Å². The van der Waals surface area contributed by atoms with Crippen molar-refractivity contribution in [2.75, 3.05) is 18.4 Å². The smallest absolute Gasteiger partial charge is 0.264 e. The molecule has 36 heavy (non-hydrogen) atoms. The van der Waals surface area contributed by atoms with E-state index >= 15 is 0 Å². The predicted octanol–water partition coefficient (Wildman–Crippen LogP) is 2.21. The van der Waals surface area contributed by atoms with E-state index in [2.05, 4.69) is 15.4 Å². The van der Waals surface area contributed by atoms with E-state index in [0.717, 1.165) is 5.69 Å². The molecule has 0 unspecified atom stereocenters. The number of aliphatic hydroxyl groups is 1. The standard InChI is InChI=1S/C26H26N6O4/c1-18(33)29-20-7-5-6-19(14-20)24(34)30-12-10-26(36,11-13-30)16-31-17-27-23-22(25(31)35)15-28-32(23)21-8-3-2-4-9-21/h2-9,14-15,17,36H,10-13,16H2,1H3,(H,29,33). The Hall–Kier alpha value is -4.31. The van der Waals surface area contributed by atoms with Gasteiger partial charge in [0.05, 0.1) is 24.0 Å². The lowest BCUT2D eigenvalue weighted by molar-refractivity contribution is -0.114. The van der Waals surface area contributed by atoms with Gasteiger partial charge in [0.1, 0.15) is 11.7 Å². The second kappa shape index (κ2) is 9.38. The van der Waals surface area contributed by atoms with Gasteiger partial charge >= 0.3 is 0 Å². The number of carbonyl (C=O) groups excluding carboxylic acids is 2. The van der Waals surface area contributed by atoms with Gasteiger partial charge in [0.25, 0.3) is 11.5 Å². The summed E-state index contributed by atoms with van der Waals surface area (Å²) in [7, 11) is 0. The van der Waals surface area contributed by atoms with Crippen LogP contribution in [0.4, 0.5) is 5.69 Å². The largest absolute Gasteiger partial charge is 0.388 e. The lowest BCUT2D eigenvalue weighted by Gasteiger charge is -2.38. The Morgan fingerprint density at radius 3 is 2.56 bits per heavy atom. The Labute approximate surface area is 206 Å². The van der Waals surface area contributed by atoms with E-state index in [1.807, 2.05) is 30.3 Å². The lowest BCUT2D eigenvalue weighted by atomic mass is 9.91. The third kappa shape index (κ3) is 4.63. The highest BCUT2D eigenvalue weighted by molar-refractivity contribution is 5.96. The van der Waals surface area contributed by atoms with E-state index in [-0.39, 0.29) is 23.9 Å². The summed E-state index contributed by atoms with van der Waals surface area (Å²) < 4.78 is 3.02. The maximum atomic E-state index is 13.1. The van der Waals surface area contributed by atoms with Crippen molar-refractivity contribution in [2.24, 2.45) is 0 Å². The molecular formula is C26H26N6O4. The monoisotopic (exact) mass is 486 g/mol. The Balaban J connectivity index is 1.29. The molecule has 2 N–H and O–H groups in total. The van der Waals surface area contributed by atoms with Crippen molar-refractivity contribution in [2.45, 2.75) is 31.9 Å². The average Bonchev–Trinajstić information content (AvgIpc) is 3.31. The zero-order valence-electron chi connectivity index (χ0n) is 19.8. The van der Waals surface area contributed by atoms with Gasteiger partial charge in [0, 0.05) is 31.3 Å². The van der Waals surface area contributed by atoms with Crippen LogP contribution in [0.15, 0.2) is 71.9 Å². The fourth-order valence-corrected chi connectivity index (χ4v) is 4.54. The first-order valence-corrected chi connectivity index (χ1v) is 11.7. The Morgan fingerprint density at radius 1 is 1.08 bits per heavy atom. The topological polar surface area (TPSA) is 122 Å². The van der Waals surface area contributed by atoms with Crippen molar-refractivity contribution in [3.63, 3.8) is 0 Å². The molecule has 5 rings (SSSR count). The van der Waals surface area contributed by atoms with Crippen LogP contribution in [-0.2, 0) is 11.3 Å². The molecule has 1 saturated heterocycles. The summed E-state index contributed by atoms with van der Waals surface area (Å²) in [5.41, 5.74) is 0.854. The van der Waals surface area contributed by atoms with E-state index < -0.39 is 5.60 Å². The lowest BCUT2D eigenvalue weighted by Crippen LogP contribution is -2.49. The van der Waals surface area contributed by atoms with E-state index in [4.69, 9.17) is 0 Å². The minimum atomic E-state index is -1.15. The molecule has 1 aliphatic rings. The minimum Gasteiger partial charge on any atom is -0.388 e. The zero-order valence-corrected chi connectivity index (χ0v) is 19.8. The quantitative estimate of drug-likeness (QED) is 0.446. The molecule has 2 amide bonds. The Bertz CT molecular complexity index is 1490. The van der Waals surface area contributed by atoms with Gasteiger partial charge in [-0.2, -0.15) is 5.10 Å². The molecular weight excluding hydrogens is 460 g/mol. The molecule has 10 heteroatoms. The van der Waals surface area contributed by atoms with Gasteiger partial charge in [-0.15, -0.1) is 0 Å². The molecule has 4 aromatic rings.